The Morgan fingerprint density at radius 3 is 2.27 bits per heavy atom. The number of aromatic hydroxyl groups is 1. The highest BCUT2D eigenvalue weighted by molar-refractivity contribution is 5.87. The summed E-state index contributed by atoms with van der Waals surface area (Å²) in [5.41, 5.74) is 1.05. The van der Waals surface area contributed by atoms with Crippen LogP contribution in [-0.2, 0) is 9.53 Å². The van der Waals surface area contributed by atoms with Gasteiger partial charge in [0, 0.05) is 16.9 Å². The highest BCUT2D eigenvalue weighted by Crippen LogP contribution is 2.74. The molecule has 0 radical (unpaired) electrons. The van der Waals surface area contributed by atoms with Crippen molar-refractivity contribution in [2.45, 2.75) is 118 Å². The fourth-order valence-corrected chi connectivity index (χ4v) is 11.7. The number of carbonyl (C=O) groups is 1. The summed E-state index contributed by atoms with van der Waals surface area (Å²) in [4.78, 5) is 12.8. The Bertz CT molecular complexity index is 1350. The molecule has 1 spiro atoms. The van der Waals surface area contributed by atoms with E-state index in [0.29, 0.717) is 6.42 Å². The third kappa shape index (κ3) is 4.64. The van der Waals surface area contributed by atoms with Gasteiger partial charge in [-0.3, -0.25) is 0 Å². The Morgan fingerprint density at radius 2 is 1.61 bits per heavy atom. The smallest absolute Gasteiger partial charge is 0.330 e. The molecule has 0 heterocycles. The molecule has 0 aliphatic heterocycles. The molecule has 0 amide bonds. The SMILES string of the molecule is CC1(C)CC[C@@]2(CC[C@]3(C)C(=CC[C@@H]4[C@@]5(C)C[C@@H](O)[C@H](O)[C@@](C)(COC(=O)/C=C\c6ccc(O)cc6)[C@@H]5CC[C@]43C)[C@H]2O)C1. The Labute approximate surface area is 263 Å². The van der Waals surface area contributed by atoms with Crippen molar-refractivity contribution in [3.05, 3.63) is 47.6 Å². The van der Waals surface area contributed by atoms with Crippen molar-refractivity contribution in [3.63, 3.8) is 0 Å². The molecule has 4 saturated carbocycles. The van der Waals surface area contributed by atoms with Crippen molar-refractivity contribution in [2.75, 3.05) is 6.61 Å². The van der Waals surface area contributed by atoms with Crippen LogP contribution in [0, 0.1) is 44.3 Å². The van der Waals surface area contributed by atoms with E-state index in [0.717, 1.165) is 50.5 Å². The topological polar surface area (TPSA) is 107 Å². The third-order valence-electron chi connectivity index (χ3n) is 14.2. The van der Waals surface area contributed by atoms with Gasteiger partial charge in [-0.25, -0.2) is 4.79 Å². The van der Waals surface area contributed by atoms with E-state index in [2.05, 4.69) is 40.7 Å². The lowest BCUT2D eigenvalue weighted by Gasteiger charge is -2.70. The summed E-state index contributed by atoms with van der Waals surface area (Å²) in [6, 6.07) is 6.57. The molecule has 1 aromatic rings. The van der Waals surface area contributed by atoms with Crippen LogP contribution < -0.4 is 0 Å². The molecule has 242 valence electrons. The highest BCUT2D eigenvalue weighted by Gasteiger charge is 2.70. The molecule has 6 rings (SSSR count). The second-order valence-electron chi connectivity index (χ2n) is 17.2. The molecule has 5 aliphatic carbocycles. The molecule has 6 nitrogen and oxygen atoms in total. The minimum absolute atomic E-state index is 0.0105. The summed E-state index contributed by atoms with van der Waals surface area (Å²) in [5, 5.41) is 44.4. The number of esters is 1. The summed E-state index contributed by atoms with van der Waals surface area (Å²) in [6.07, 6.45) is 11.8. The summed E-state index contributed by atoms with van der Waals surface area (Å²) in [5.74, 6) is 0.00541. The molecule has 10 atom stereocenters. The Hall–Kier alpha value is -2.15. The molecular weight excluding hydrogens is 552 g/mol. The Kier molecular flexibility index (Phi) is 7.54. The number of fused-ring (bicyclic) bond motifs is 5. The van der Waals surface area contributed by atoms with Gasteiger partial charge in [0.1, 0.15) is 5.75 Å². The van der Waals surface area contributed by atoms with Crippen LogP contribution in [0.1, 0.15) is 105 Å². The van der Waals surface area contributed by atoms with E-state index in [1.807, 2.05) is 6.92 Å². The standard InChI is InChI=1S/C38H54O6/c1-33(2)17-19-38(22-33)20-18-36(5)26(31(38)42)12-13-29-34(3)21-27(40)32(43)35(4,28(34)15-16-37(29,36)6)23-44-30(41)14-9-24-7-10-25(39)11-8-24/h7-12,14,27-29,31-32,39-40,42-43H,13,15-23H2,1-6H3/b14-9-/t27-,28-,29-,31-,32+,34+,35+,36-,37-,38-/m1/s1. The first kappa shape index (κ1) is 31.8. The summed E-state index contributed by atoms with van der Waals surface area (Å²) < 4.78 is 5.80. The van der Waals surface area contributed by atoms with Gasteiger partial charge in [-0.2, -0.15) is 0 Å². The number of hydrogen-bond acceptors (Lipinski definition) is 6. The lowest BCUT2D eigenvalue weighted by Crippen LogP contribution is -2.68. The van der Waals surface area contributed by atoms with Gasteiger partial charge in [0.05, 0.1) is 24.9 Å². The van der Waals surface area contributed by atoms with Crippen LogP contribution in [0.15, 0.2) is 42.0 Å². The highest BCUT2D eigenvalue weighted by atomic mass is 16.5. The van der Waals surface area contributed by atoms with E-state index < -0.39 is 29.7 Å². The van der Waals surface area contributed by atoms with Gasteiger partial charge in [0.2, 0.25) is 0 Å². The van der Waals surface area contributed by atoms with E-state index in [-0.39, 0.29) is 51.3 Å². The maximum atomic E-state index is 12.8. The van der Waals surface area contributed by atoms with Crippen molar-refractivity contribution in [3.8, 4) is 5.75 Å². The lowest BCUT2D eigenvalue weighted by atomic mass is 9.34. The zero-order chi connectivity index (χ0) is 31.9. The molecule has 4 N–H and O–H groups in total. The number of benzene rings is 1. The maximum absolute atomic E-state index is 12.8. The van der Waals surface area contributed by atoms with Crippen molar-refractivity contribution in [1.29, 1.82) is 0 Å². The van der Waals surface area contributed by atoms with E-state index in [1.165, 1.54) is 18.1 Å². The van der Waals surface area contributed by atoms with Gasteiger partial charge in [-0.15, -0.1) is 0 Å². The van der Waals surface area contributed by atoms with E-state index >= 15 is 0 Å². The van der Waals surface area contributed by atoms with Gasteiger partial charge in [-0.1, -0.05) is 59.8 Å². The van der Waals surface area contributed by atoms with E-state index in [4.69, 9.17) is 4.74 Å². The normalized spacial score (nSPS) is 46.2. The number of phenols is 1. The zero-order valence-corrected chi connectivity index (χ0v) is 27.6. The largest absolute Gasteiger partial charge is 0.508 e. The van der Waals surface area contributed by atoms with E-state index in [1.54, 1.807) is 30.3 Å². The summed E-state index contributed by atoms with van der Waals surface area (Å²) in [6.45, 7) is 13.9. The van der Waals surface area contributed by atoms with Crippen LogP contribution in [0.5, 0.6) is 5.75 Å². The third-order valence-corrected chi connectivity index (χ3v) is 14.2. The zero-order valence-electron chi connectivity index (χ0n) is 27.6. The van der Waals surface area contributed by atoms with Gasteiger partial charge in [-0.05, 0) is 121 Å². The van der Waals surface area contributed by atoms with Crippen LogP contribution in [0.2, 0.25) is 0 Å². The molecule has 0 saturated heterocycles. The molecular formula is C38H54O6. The average Bonchev–Trinajstić information content (AvgIpc) is 3.28. The first-order chi connectivity index (χ1) is 20.5. The molecule has 0 bridgehead atoms. The predicted molar refractivity (Wildman–Crippen MR) is 171 cm³/mol. The second kappa shape index (κ2) is 10.4. The molecule has 5 aliphatic rings. The molecule has 0 aromatic heterocycles. The van der Waals surface area contributed by atoms with E-state index in [9.17, 15) is 25.2 Å². The quantitative estimate of drug-likeness (QED) is 0.171. The van der Waals surface area contributed by atoms with Gasteiger partial charge in [0.15, 0.2) is 0 Å². The van der Waals surface area contributed by atoms with Gasteiger partial charge >= 0.3 is 5.97 Å². The minimum atomic E-state index is -0.994. The number of aliphatic hydroxyl groups excluding tert-OH is 3. The van der Waals surface area contributed by atoms with Crippen LogP contribution in [-0.4, -0.2) is 51.3 Å². The number of aliphatic hydroxyl groups is 3. The fourth-order valence-electron chi connectivity index (χ4n) is 11.7. The number of phenolic OH excluding ortho intramolecular Hbond substituents is 1. The molecule has 0 unspecified atom stereocenters. The predicted octanol–water partition coefficient (Wildman–Crippen LogP) is 6.81. The number of allylic oxidation sites excluding steroid dienone is 1. The van der Waals surface area contributed by atoms with Gasteiger partial charge in [0.25, 0.3) is 0 Å². The first-order valence-corrected chi connectivity index (χ1v) is 16.9. The number of carbonyl (C=O) groups excluding carboxylic acids is 1. The molecule has 4 fully saturated rings. The number of rotatable bonds is 4. The van der Waals surface area contributed by atoms with Crippen molar-refractivity contribution < 1.29 is 30.0 Å². The minimum Gasteiger partial charge on any atom is -0.508 e. The van der Waals surface area contributed by atoms with Crippen molar-refractivity contribution in [1.82, 2.24) is 0 Å². The number of ether oxygens (including phenoxy) is 1. The first-order valence-electron chi connectivity index (χ1n) is 16.9. The maximum Gasteiger partial charge on any atom is 0.330 e. The summed E-state index contributed by atoms with van der Waals surface area (Å²) in [7, 11) is 0. The van der Waals surface area contributed by atoms with Crippen LogP contribution >= 0.6 is 0 Å². The molecule has 1 aromatic carbocycles. The molecule has 44 heavy (non-hydrogen) atoms. The number of hydrogen-bond donors (Lipinski definition) is 4. The monoisotopic (exact) mass is 606 g/mol. The summed E-state index contributed by atoms with van der Waals surface area (Å²) >= 11 is 0. The van der Waals surface area contributed by atoms with Crippen LogP contribution in [0.3, 0.4) is 0 Å². The van der Waals surface area contributed by atoms with Gasteiger partial charge < -0.3 is 25.2 Å². The molecule has 6 heteroatoms. The van der Waals surface area contributed by atoms with Crippen molar-refractivity contribution >= 4 is 12.0 Å². The van der Waals surface area contributed by atoms with Crippen molar-refractivity contribution in [2.24, 2.45) is 44.3 Å². The Balaban J connectivity index is 1.26. The lowest BCUT2D eigenvalue weighted by molar-refractivity contribution is -0.245. The fraction of sp³-hybridized carbons (Fsp3) is 0.711. The van der Waals surface area contributed by atoms with Crippen LogP contribution in [0.4, 0.5) is 0 Å². The van der Waals surface area contributed by atoms with Crippen LogP contribution in [0.25, 0.3) is 6.08 Å². The second-order valence-corrected chi connectivity index (χ2v) is 17.2. The Morgan fingerprint density at radius 1 is 0.932 bits per heavy atom. The average molecular weight is 607 g/mol.